The Labute approximate surface area is 202 Å². The van der Waals surface area contributed by atoms with E-state index in [-0.39, 0.29) is 23.9 Å². The molecule has 3 aromatic carbocycles. The molecule has 0 N–H and O–H groups in total. The number of benzene rings is 3. The third-order valence-electron chi connectivity index (χ3n) is 5.93. The van der Waals surface area contributed by atoms with Crippen molar-refractivity contribution in [2.45, 2.75) is 46.0 Å². The van der Waals surface area contributed by atoms with Crippen molar-refractivity contribution in [3.05, 3.63) is 95.3 Å². The van der Waals surface area contributed by atoms with Crippen LogP contribution in [0.2, 0.25) is 0 Å². The number of hydrogen-bond donors (Lipinski definition) is 0. The average Bonchev–Trinajstić information content (AvgIpc) is 2.86. The van der Waals surface area contributed by atoms with Gasteiger partial charge in [0.25, 0.3) is 0 Å². The monoisotopic (exact) mass is 466 g/mol. The summed E-state index contributed by atoms with van der Waals surface area (Å²) >= 11 is 0. The summed E-state index contributed by atoms with van der Waals surface area (Å²) in [7, 11) is 1.65. The zero-order chi connectivity index (χ0) is 24.3. The highest BCUT2D eigenvalue weighted by atomic mass is 19.1. The summed E-state index contributed by atoms with van der Waals surface area (Å²) in [6.07, 6.45) is 0.301. The Morgan fingerprint density at radius 2 is 1.44 bits per heavy atom. The average molecular weight is 467 g/mol. The molecule has 5 heteroatoms. The maximum Gasteiger partial charge on any atom is 0.128 e. The first kappa shape index (κ1) is 25.7. The van der Waals surface area contributed by atoms with Crippen molar-refractivity contribution >= 4 is 0 Å². The molecule has 0 heterocycles. The maximum atomic E-state index is 13.5. The molecular formula is C29H35FO4. The molecule has 3 rings (SSSR count). The van der Waals surface area contributed by atoms with E-state index in [1.807, 2.05) is 74.5 Å². The highest BCUT2D eigenvalue weighted by Crippen LogP contribution is 2.26. The van der Waals surface area contributed by atoms with Crippen LogP contribution in [0.25, 0.3) is 0 Å². The molecule has 3 aromatic rings. The van der Waals surface area contributed by atoms with Crippen molar-refractivity contribution in [3.8, 4) is 11.5 Å². The van der Waals surface area contributed by atoms with Crippen molar-refractivity contribution < 1.29 is 23.3 Å². The number of halogens is 1. The Hall–Kier alpha value is -2.89. The lowest BCUT2D eigenvalue weighted by molar-refractivity contribution is -0.0521. The van der Waals surface area contributed by atoms with Crippen LogP contribution in [0.4, 0.5) is 4.39 Å². The van der Waals surface area contributed by atoms with Crippen LogP contribution < -0.4 is 9.47 Å². The summed E-state index contributed by atoms with van der Waals surface area (Å²) in [5.74, 6) is 1.35. The van der Waals surface area contributed by atoms with Crippen molar-refractivity contribution in [1.29, 1.82) is 0 Å². The Balaban J connectivity index is 1.80. The molecule has 3 atom stereocenters. The Morgan fingerprint density at radius 1 is 0.824 bits per heavy atom. The lowest BCUT2D eigenvalue weighted by Crippen LogP contribution is -2.40. The van der Waals surface area contributed by atoms with Gasteiger partial charge in [-0.15, -0.1) is 0 Å². The molecule has 34 heavy (non-hydrogen) atoms. The van der Waals surface area contributed by atoms with Gasteiger partial charge in [0, 0.05) is 12.5 Å². The highest BCUT2D eigenvalue weighted by Gasteiger charge is 2.30. The Bertz CT molecular complexity index is 971. The van der Waals surface area contributed by atoms with E-state index in [4.69, 9.17) is 18.9 Å². The standard InChI is InChI=1S/C29H35FO4/c1-5-32-20-29(34-27-14-6-21(2)7-15-27)28(18-23-8-12-25(30)13-9-23)22(3)33-19-24-10-16-26(31-4)17-11-24/h6-17,22,28-29H,5,18-20H2,1-4H3/t22-,28-,29-/m0/s1. The molecule has 0 aromatic heterocycles. The van der Waals surface area contributed by atoms with Gasteiger partial charge in [0.15, 0.2) is 0 Å². The molecule has 182 valence electrons. The van der Waals surface area contributed by atoms with Gasteiger partial charge < -0.3 is 18.9 Å². The number of hydrogen-bond acceptors (Lipinski definition) is 4. The van der Waals surface area contributed by atoms with E-state index >= 15 is 0 Å². The molecule has 0 aliphatic carbocycles. The van der Waals surface area contributed by atoms with E-state index in [1.54, 1.807) is 7.11 Å². The Kier molecular flexibility index (Phi) is 9.92. The van der Waals surface area contributed by atoms with Crippen LogP contribution in [0.5, 0.6) is 11.5 Å². The molecule has 0 saturated carbocycles. The van der Waals surface area contributed by atoms with Gasteiger partial charge in [-0.05, 0) is 74.7 Å². The SMILES string of the molecule is CCOC[C@H](Oc1ccc(C)cc1)[C@@H](Cc1ccc(F)cc1)[C@H](C)OCc1ccc(OC)cc1. The molecular weight excluding hydrogens is 431 g/mol. The van der Waals surface area contributed by atoms with Crippen molar-refractivity contribution in [2.75, 3.05) is 20.3 Å². The quantitative estimate of drug-likeness (QED) is 0.292. The van der Waals surface area contributed by atoms with Gasteiger partial charge in [0.05, 0.1) is 26.4 Å². The van der Waals surface area contributed by atoms with E-state index in [0.29, 0.717) is 26.2 Å². The molecule has 0 amide bonds. The van der Waals surface area contributed by atoms with Crippen LogP contribution in [-0.4, -0.2) is 32.5 Å². The van der Waals surface area contributed by atoms with Gasteiger partial charge in [0.1, 0.15) is 23.4 Å². The minimum absolute atomic E-state index is 0.0171. The van der Waals surface area contributed by atoms with Crippen LogP contribution >= 0.6 is 0 Å². The lowest BCUT2D eigenvalue weighted by Gasteiger charge is -2.32. The summed E-state index contributed by atoms with van der Waals surface area (Å²) in [4.78, 5) is 0. The summed E-state index contributed by atoms with van der Waals surface area (Å²) in [6, 6.07) is 22.5. The zero-order valence-corrected chi connectivity index (χ0v) is 20.5. The fourth-order valence-electron chi connectivity index (χ4n) is 3.84. The van der Waals surface area contributed by atoms with Crippen molar-refractivity contribution in [1.82, 2.24) is 0 Å². The summed E-state index contributed by atoms with van der Waals surface area (Å²) in [5, 5.41) is 0. The summed E-state index contributed by atoms with van der Waals surface area (Å²) in [6.45, 7) is 7.59. The van der Waals surface area contributed by atoms with E-state index in [2.05, 4.69) is 6.92 Å². The van der Waals surface area contributed by atoms with Crippen LogP contribution in [-0.2, 0) is 22.5 Å². The lowest BCUT2D eigenvalue weighted by atomic mass is 9.89. The van der Waals surface area contributed by atoms with E-state index in [9.17, 15) is 4.39 Å². The number of methoxy groups -OCH3 is 1. The normalized spacial score (nSPS) is 13.8. The van der Waals surface area contributed by atoms with Crippen LogP contribution in [0.1, 0.15) is 30.5 Å². The first-order chi connectivity index (χ1) is 16.5. The van der Waals surface area contributed by atoms with Crippen LogP contribution in [0.15, 0.2) is 72.8 Å². The predicted octanol–water partition coefficient (Wildman–Crippen LogP) is 6.39. The van der Waals surface area contributed by atoms with Gasteiger partial charge >= 0.3 is 0 Å². The van der Waals surface area contributed by atoms with E-state index in [1.165, 1.54) is 17.7 Å². The third kappa shape index (κ3) is 7.86. The van der Waals surface area contributed by atoms with E-state index < -0.39 is 0 Å². The fraction of sp³-hybridized carbons (Fsp3) is 0.379. The molecule has 0 bridgehead atoms. The minimum Gasteiger partial charge on any atom is -0.497 e. The third-order valence-corrected chi connectivity index (χ3v) is 5.93. The fourth-order valence-corrected chi connectivity index (χ4v) is 3.84. The zero-order valence-electron chi connectivity index (χ0n) is 20.5. The van der Waals surface area contributed by atoms with Gasteiger partial charge in [-0.25, -0.2) is 4.39 Å². The van der Waals surface area contributed by atoms with Gasteiger partial charge in [-0.3, -0.25) is 0 Å². The summed E-state index contributed by atoms with van der Waals surface area (Å²) in [5.41, 5.74) is 3.27. The smallest absolute Gasteiger partial charge is 0.128 e. The highest BCUT2D eigenvalue weighted by molar-refractivity contribution is 5.27. The Morgan fingerprint density at radius 3 is 2.06 bits per heavy atom. The maximum absolute atomic E-state index is 13.5. The van der Waals surface area contributed by atoms with Gasteiger partial charge in [-0.2, -0.15) is 0 Å². The first-order valence-electron chi connectivity index (χ1n) is 11.8. The van der Waals surface area contributed by atoms with Gasteiger partial charge in [0.2, 0.25) is 0 Å². The van der Waals surface area contributed by atoms with Gasteiger partial charge in [-0.1, -0.05) is 42.0 Å². The van der Waals surface area contributed by atoms with Crippen molar-refractivity contribution in [2.24, 2.45) is 5.92 Å². The molecule has 4 nitrogen and oxygen atoms in total. The number of rotatable bonds is 13. The largest absolute Gasteiger partial charge is 0.497 e. The molecule has 0 spiro atoms. The molecule has 0 aliphatic heterocycles. The minimum atomic E-state index is -0.245. The second-order valence-corrected chi connectivity index (χ2v) is 8.49. The molecule has 0 saturated heterocycles. The molecule has 0 aliphatic rings. The van der Waals surface area contributed by atoms with Crippen LogP contribution in [0.3, 0.4) is 0 Å². The number of ether oxygens (including phenoxy) is 4. The topological polar surface area (TPSA) is 36.9 Å². The predicted molar refractivity (Wildman–Crippen MR) is 133 cm³/mol. The first-order valence-corrected chi connectivity index (χ1v) is 11.8. The second kappa shape index (κ2) is 13.1. The van der Waals surface area contributed by atoms with E-state index in [0.717, 1.165) is 22.6 Å². The van der Waals surface area contributed by atoms with Crippen molar-refractivity contribution in [3.63, 3.8) is 0 Å². The van der Waals surface area contributed by atoms with Crippen LogP contribution in [0, 0.1) is 18.7 Å². The molecule has 0 fully saturated rings. The number of aryl methyl sites for hydroxylation is 1. The molecule has 0 radical (unpaired) electrons. The molecule has 0 unspecified atom stereocenters. The summed E-state index contributed by atoms with van der Waals surface area (Å²) < 4.78 is 37.3. The second-order valence-electron chi connectivity index (χ2n) is 8.49.